The molecule has 0 radical (unpaired) electrons. The van der Waals surface area contributed by atoms with Crippen molar-refractivity contribution in [1.82, 2.24) is 0 Å². The van der Waals surface area contributed by atoms with Crippen LogP contribution in [0.15, 0.2) is 60.7 Å². The predicted octanol–water partition coefficient (Wildman–Crippen LogP) is 6.89. The van der Waals surface area contributed by atoms with E-state index in [2.05, 4.69) is 67.6 Å². The number of rotatable bonds is 5. The Hall–Kier alpha value is -1.13. The maximum absolute atomic E-state index is 2.59. The molecular weight excluding hydrogens is 343 g/mol. The van der Waals surface area contributed by atoms with E-state index in [0.29, 0.717) is 0 Å². The van der Waals surface area contributed by atoms with Crippen molar-refractivity contribution in [3.63, 3.8) is 0 Å². The normalized spacial score (nSPS) is 25.4. The summed E-state index contributed by atoms with van der Waals surface area (Å²) in [5.41, 5.74) is 0.775. The molecule has 0 aromatic heterocycles. The van der Waals surface area contributed by atoms with Crippen molar-refractivity contribution < 1.29 is 0 Å². The van der Waals surface area contributed by atoms with Crippen molar-refractivity contribution in [2.24, 2.45) is 17.8 Å². The smallest absolute Gasteiger partial charge is 0.0126 e. The van der Waals surface area contributed by atoms with Crippen LogP contribution in [0.4, 0.5) is 0 Å². The van der Waals surface area contributed by atoms with E-state index in [0.717, 1.165) is 23.4 Å². The van der Waals surface area contributed by atoms with E-state index < -0.39 is 0 Å². The van der Waals surface area contributed by atoms with Crippen LogP contribution in [0.3, 0.4) is 0 Å². The van der Waals surface area contributed by atoms with E-state index in [-0.39, 0.29) is 7.92 Å². The van der Waals surface area contributed by atoms with E-state index in [1.54, 1.807) is 10.6 Å². The van der Waals surface area contributed by atoms with Gasteiger partial charge in [-0.1, -0.05) is 113 Å². The summed E-state index contributed by atoms with van der Waals surface area (Å²) < 4.78 is 0. The molecular formula is C26H35P. The highest BCUT2D eigenvalue weighted by Crippen LogP contribution is 2.51. The predicted molar refractivity (Wildman–Crippen MR) is 121 cm³/mol. The van der Waals surface area contributed by atoms with Crippen LogP contribution in [0.2, 0.25) is 0 Å². The van der Waals surface area contributed by atoms with Crippen LogP contribution in [0.25, 0.3) is 0 Å². The van der Waals surface area contributed by atoms with Gasteiger partial charge >= 0.3 is 0 Å². The Balaban J connectivity index is 1.64. The van der Waals surface area contributed by atoms with Gasteiger partial charge in [0.1, 0.15) is 0 Å². The Morgan fingerprint density at radius 2 is 1.19 bits per heavy atom. The SMILES string of the molecule is CC([C@H]1CCCC[C@@H]1C1CCCCC1)P(c1ccccc1)c1ccccc1. The molecule has 144 valence electrons. The standard InChI is InChI=1S/C26H35P/c1-21(25-19-11-12-20-26(25)22-13-5-2-6-14-22)27(23-15-7-3-8-16-23)24-17-9-4-10-18-24/h3-4,7-10,15-18,21-22,25-26H,2,5-6,11-14,19-20H2,1H3/t21?,25-,26-/m1/s1. The quantitative estimate of drug-likeness (QED) is 0.497. The molecule has 27 heavy (non-hydrogen) atoms. The first-order valence-corrected chi connectivity index (χ1v) is 12.6. The second-order valence-electron chi connectivity index (χ2n) is 8.79. The van der Waals surface area contributed by atoms with Gasteiger partial charge in [0.2, 0.25) is 0 Å². The topological polar surface area (TPSA) is 0 Å². The highest BCUT2D eigenvalue weighted by Gasteiger charge is 2.38. The fraction of sp³-hybridized carbons (Fsp3) is 0.538. The van der Waals surface area contributed by atoms with Gasteiger partial charge < -0.3 is 0 Å². The lowest BCUT2D eigenvalue weighted by molar-refractivity contribution is 0.128. The molecule has 4 rings (SSSR count). The Morgan fingerprint density at radius 3 is 1.78 bits per heavy atom. The van der Waals surface area contributed by atoms with Crippen molar-refractivity contribution in [1.29, 1.82) is 0 Å². The van der Waals surface area contributed by atoms with E-state index in [4.69, 9.17) is 0 Å². The van der Waals surface area contributed by atoms with Gasteiger partial charge in [0, 0.05) is 0 Å². The van der Waals surface area contributed by atoms with Crippen LogP contribution in [-0.2, 0) is 0 Å². The van der Waals surface area contributed by atoms with Gasteiger partial charge in [0.05, 0.1) is 0 Å². The third kappa shape index (κ3) is 4.48. The van der Waals surface area contributed by atoms with Gasteiger partial charge in [-0.3, -0.25) is 0 Å². The number of hydrogen-bond donors (Lipinski definition) is 0. The zero-order valence-corrected chi connectivity index (χ0v) is 17.8. The highest BCUT2D eigenvalue weighted by atomic mass is 31.1. The molecule has 0 spiro atoms. The zero-order chi connectivity index (χ0) is 18.5. The Labute approximate surface area is 167 Å². The van der Waals surface area contributed by atoms with Crippen molar-refractivity contribution in [2.75, 3.05) is 0 Å². The van der Waals surface area contributed by atoms with Gasteiger partial charge in [0.15, 0.2) is 0 Å². The fourth-order valence-electron chi connectivity index (χ4n) is 5.92. The van der Waals surface area contributed by atoms with Gasteiger partial charge in [-0.25, -0.2) is 0 Å². The van der Waals surface area contributed by atoms with Gasteiger partial charge in [-0.2, -0.15) is 0 Å². The Bertz CT molecular complexity index is 634. The van der Waals surface area contributed by atoms with Crippen LogP contribution in [0, 0.1) is 17.8 Å². The molecule has 2 saturated carbocycles. The molecule has 0 amide bonds. The molecule has 3 atom stereocenters. The third-order valence-corrected chi connectivity index (χ3v) is 10.1. The van der Waals surface area contributed by atoms with E-state index in [1.807, 2.05) is 0 Å². The maximum Gasteiger partial charge on any atom is -0.0126 e. The van der Waals surface area contributed by atoms with Crippen LogP contribution in [-0.4, -0.2) is 5.66 Å². The minimum atomic E-state index is -0.283. The summed E-state index contributed by atoms with van der Waals surface area (Å²) in [6, 6.07) is 22.8. The van der Waals surface area contributed by atoms with E-state index in [9.17, 15) is 0 Å². The van der Waals surface area contributed by atoms with Gasteiger partial charge in [0.25, 0.3) is 0 Å². The van der Waals surface area contributed by atoms with Crippen molar-refractivity contribution in [3.05, 3.63) is 60.7 Å². The molecule has 0 nitrogen and oxygen atoms in total. The molecule has 0 aliphatic heterocycles. The summed E-state index contributed by atoms with van der Waals surface area (Å²) in [7, 11) is -0.283. The lowest BCUT2D eigenvalue weighted by atomic mass is 9.67. The van der Waals surface area contributed by atoms with Gasteiger partial charge in [-0.15, -0.1) is 0 Å². The summed E-state index contributed by atoms with van der Waals surface area (Å²) in [5, 5.41) is 3.14. The first-order valence-electron chi connectivity index (χ1n) is 11.2. The molecule has 0 saturated heterocycles. The summed E-state index contributed by atoms with van der Waals surface area (Å²) in [6.07, 6.45) is 13.3. The first kappa shape index (κ1) is 19.2. The molecule has 2 aliphatic rings. The molecule has 0 N–H and O–H groups in total. The van der Waals surface area contributed by atoms with Crippen molar-refractivity contribution in [3.8, 4) is 0 Å². The third-order valence-electron chi connectivity index (χ3n) is 7.23. The molecule has 1 heteroatoms. The van der Waals surface area contributed by atoms with Crippen LogP contribution >= 0.6 is 7.92 Å². The Morgan fingerprint density at radius 1 is 0.667 bits per heavy atom. The second-order valence-corrected chi connectivity index (χ2v) is 11.4. The Kier molecular flexibility index (Phi) is 6.67. The molecule has 2 fully saturated rings. The minimum absolute atomic E-state index is 0.283. The van der Waals surface area contributed by atoms with Crippen molar-refractivity contribution in [2.45, 2.75) is 70.4 Å². The number of benzene rings is 2. The monoisotopic (exact) mass is 378 g/mol. The molecule has 2 aliphatic carbocycles. The first-order chi connectivity index (χ1) is 13.3. The lowest BCUT2D eigenvalue weighted by Crippen LogP contribution is -2.36. The number of hydrogen-bond acceptors (Lipinski definition) is 0. The minimum Gasteiger partial charge on any atom is -0.0622 e. The average molecular weight is 379 g/mol. The molecule has 0 bridgehead atoms. The molecule has 1 unspecified atom stereocenters. The summed E-state index contributed by atoms with van der Waals surface area (Å²) >= 11 is 0. The van der Waals surface area contributed by atoms with Crippen LogP contribution in [0.1, 0.15) is 64.7 Å². The molecule has 2 aromatic carbocycles. The molecule has 0 heterocycles. The average Bonchev–Trinajstić information content (AvgIpc) is 2.76. The van der Waals surface area contributed by atoms with Gasteiger partial charge in [-0.05, 0) is 54.8 Å². The van der Waals surface area contributed by atoms with Crippen molar-refractivity contribution >= 4 is 18.5 Å². The zero-order valence-electron chi connectivity index (χ0n) is 16.9. The van der Waals surface area contributed by atoms with E-state index in [1.165, 1.54) is 57.8 Å². The second kappa shape index (κ2) is 9.38. The maximum atomic E-state index is 2.59. The van der Waals surface area contributed by atoms with E-state index >= 15 is 0 Å². The highest BCUT2D eigenvalue weighted by molar-refractivity contribution is 7.73. The van der Waals surface area contributed by atoms with Crippen LogP contribution in [0.5, 0.6) is 0 Å². The summed E-state index contributed by atoms with van der Waals surface area (Å²) in [5.74, 6) is 2.90. The lowest BCUT2D eigenvalue weighted by Gasteiger charge is -2.44. The fourth-order valence-corrected chi connectivity index (χ4v) is 8.90. The molecule has 2 aromatic rings. The summed E-state index contributed by atoms with van der Waals surface area (Å²) in [4.78, 5) is 0. The summed E-state index contributed by atoms with van der Waals surface area (Å²) in [6.45, 7) is 2.59. The van der Waals surface area contributed by atoms with Crippen LogP contribution < -0.4 is 10.6 Å². The largest absolute Gasteiger partial charge is 0.0622 e.